The lowest BCUT2D eigenvalue weighted by molar-refractivity contribution is 0.340. The Balaban J connectivity index is 1.89. The first-order chi connectivity index (χ1) is 11.7. The molecule has 3 rings (SSSR count). The molecule has 0 fully saturated rings. The molecule has 0 aliphatic heterocycles. The summed E-state index contributed by atoms with van der Waals surface area (Å²) in [6, 6.07) is 16.1. The van der Waals surface area contributed by atoms with Crippen LogP contribution >= 0.6 is 0 Å². The van der Waals surface area contributed by atoms with Crippen LogP contribution in [0.1, 0.15) is 23.7 Å². The normalized spacial score (nSPS) is 11.1. The second-order valence-electron chi connectivity index (χ2n) is 5.67. The van der Waals surface area contributed by atoms with E-state index in [4.69, 9.17) is 4.74 Å². The molecule has 24 heavy (non-hydrogen) atoms. The maximum atomic E-state index is 5.62. The third-order valence-electron chi connectivity index (χ3n) is 3.70. The number of hydrazone groups is 1. The highest BCUT2D eigenvalue weighted by molar-refractivity contribution is 5.92. The van der Waals surface area contributed by atoms with Gasteiger partial charge in [-0.15, -0.1) is 0 Å². The summed E-state index contributed by atoms with van der Waals surface area (Å²) in [7, 11) is 0. The molecule has 122 valence electrons. The first kappa shape index (κ1) is 16.0. The van der Waals surface area contributed by atoms with Gasteiger partial charge in [0, 0.05) is 16.6 Å². The molecule has 0 aliphatic carbocycles. The zero-order chi connectivity index (χ0) is 16.9. The van der Waals surface area contributed by atoms with Crippen LogP contribution in [0, 0.1) is 13.8 Å². The third-order valence-corrected chi connectivity index (χ3v) is 3.70. The average molecular weight is 319 g/mol. The Morgan fingerprint density at radius 3 is 2.79 bits per heavy atom. The van der Waals surface area contributed by atoms with Crippen LogP contribution in [-0.4, -0.2) is 17.8 Å². The van der Waals surface area contributed by atoms with Crippen molar-refractivity contribution in [3.05, 3.63) is 65.4 Å². The molecule has 0 aliphatic rings. The first-order valence-corrected chi connectivity index (χ1v) is 8.06. The number of ether oxygens (including phenoxy) is 1. The van der Waals surface area contributed by atoms with Crippen LogP contribution in [0.25, 0.3) is 10.9 Å². The van der Waals surface area contributed by atoms with Crippen LogP contribution in [0.3, 0.4) is 0 Å². The summed E-state index contributed by atoms with van der Waals surface area (Å²) in [5, 5.41) is 5.46. The number of anilines is 1. The van der Waals surface area contributed by atoms with Crippen molar-refractivity contribution in [1.29, 1.82) is 0 Å². The van der Waals surface area contributed by atoms with E-state index in [1.54, 1.807) is 6.21 Å². The lowest BCUT2D eigenvalue weighted by Crippen LogP contribution is -1.98. The Hall–Kier alpha value is -2.88. The molecule has 0 amide bonds. The molecule has 0 saturated heterocycles. The van der Waals surface area contributed by atoms with E-state index in [1.165, 1.54) is 5.56 Å². The van der Waals surface area contributed by atoms with Crippen molar-refractivity contribution in [3.63, 3.8) is 0 Å². The molecule has 0 spiro atoms. The van der Waals surface area contributed by atoms with Crippen molar-refractivity contribution in [2.45, 2.75) is 20.8 Å². The van der Waals surface area contributed by atoms with Crippen LogP contribution in [0.4, 0.5) is 5.69 Å². The molecule has 3 aromatic rings. The fraction of sp³-hybridized carbons (Fsp3) is 0.200. The van der Waals surface area contributed by atoms with Gasteiger partial charge in [-0.1, -0.05) is 23.8 Å². The highest BCUT2D eigenvalue weighted by Crippen LogP contribution is 2.24. The van der Waals surface area contributed by atoms with Gasteiger partial charge < -0.3 is 4.74 Å². The molecule has 0 unspecified atom stereocenters. The number of para-hydroxylation sites is 1. The second-order valence-corrected chi connectivity index (χ2v) is 5.67. The molecule has 1 N–H and O–H groups in total. The van der Waals surface area contributed by atoms with E-state index in [-0.39, 0.29) is 0 Å². The van der Waals surface area contributed by atoms with E-state index in [0.717, 1.165) is 33.6 Å². The van der Waals surface area contributed by atoms with Crippen molar-refractivity contribution in [1.82, 2.24) is 4.98 Å². The minimum absolute atomic E-state index is 0.631. The Kier molecular flexibility index (Phi) is 4.75. The predicted molar refractivity (Wildman–Crippen MR) is 100 cm³/mol. The molecule has 1 aromatic heterocycles. The van der Waals surface area contributed by atoms with Crippen LogP contribution in [0.5, 0.6) is 5.75 Å². The summed E-state index contributed by atoms with van der Waals surface area (Å²) in [6.07, 6.45) is 1.78. The highest BCUT2D eigenvalue weighted by atomic mass is 16.5. The van der Waals surface area contributed by atoms with Gasteiger partial charge in [-0.2, -0.15) is 5.10 Å². The van der Waals surface area contributed by atoms with E-state index in [2.05, 4.69) is 34.6 Å². The zero-order valence-corrected chi connectivity index (χ0v) is 14.2. The van der Waals surface area contributed by atoms with Crippen molar-refractivity contribution in [3.8, 4) is 5.75 Å². The summed E-state index contributed by atoms with van der Waals surface area (Å²) >= 11 is 0. The van der Waals surface area contributed by atoms with E-state index in [9.17, 15) is 0 Å². The monoisotopic (exact) mass is 319 g/mol. The van der Waals surface area contributed by atoms with Gasteiger partial charge in [-0.3, -0.25) is 10.4 Å². The van der Waals surface area contributed by atoms with Gasteiger partial charge in [-0.25, -0.2) is 0 Å². The Morgan fingerprint density at radius 2 is 1.96 bits per heavy atom. The van der Waals surface area contributed by atoms with Crippen LogP contribution in [0.2, 0.25) is 0 Å². The van der Waals surface area contributed by atoms with E-state index < -0.39 is 0 Å². The fourth-order valence-electron chi connectivity index (χ4n) is 2.61. The molecular formula is C20H21N3O. The molecule has 0 saturated carbocycles. The second kappa shape index (κ2) is 7.13. The number of aryl methyl sites for hydroxylation is 2. The molecular weight excluding hydrogens is 298 g/mol. The number of pyridine rings is 1. The minimum Gasteiger partial charge on any atom is -0.493 e. The van der Waals surface area contributed by atoms with Gasteiger partial charge in [0.1, 0.15) is 5.75 Å². The number of nitrogens with one attached hydrogen (secondary N) is 1. The summed E-state index contributed by atoms with van der Waals surface area (Å²) < 4.78 is 5.62. The predicted octanol–water partition coefficient (Wildman–Crippen LogP) is 4.70. The van der Waals surface area contributed by atoms with Gasteiger partial charge in [0.15, 0.2) is 0 Å². The number of rotatable bonds is 5. The maximum Gasteiger partial charge on any atom is 0.128 e. The number of fused-ring (bicyclic) bond motifs is 1. The molecule has 0 atom stereocenters. The van der Waals surface area contributed by atoms with Crippen LogP contribution < -0.4 is 10.2 Å². The number of nitrogens with zero attached hydrogens (tertiary/aromatic N) is 2. The summed E-state index contributed by atoms with van der Waals surface area (Å²) in [5.41, 5.74) is 8.16. The van der Waals surface area contributed by atoms with Crippen molar-refractivity contribution >= 4 is 22.8 Å². The summed E-state index contributed by atoms with van der Waals surface area (Å²) in [4.78, 5) is 4.57. The molecule has 1 heterocycles. The van der Waals surface area contributed by atoms with E-state index >= 15 is 0 Å². The van der Waals surface area contributed by atoms with Gasteiger partial charge >= 0.3 is 0 Å². The maximum absolute atomic E-state index is 5.62. The van der Waals surface area contributed by atoms with Gasteiger partial charge in [0.2, 0.25) is 0 Å². The average Bonchev–Trinajstić information content (AvgIpc) is 2.57. The van der Waals surface area contributed by atoms with Crippen molar-refractivity contribution in [2.24, 2.45) is 5.10 Å². The van der Waals surface area contributed by atoms with Gasteiger partial charge in [-0.05, 0) is 51.1 Å². The van der Waals surface area contributed by atoms with Crippen LogP contribution in [-0.2, 0) is 0 Å². The van der Waals surface area contributed by atoms with Gasteiger partial charge in [0.05, 0.1) is 24.0 Å². The number of hydrogen-bond donors (Lipinski definition) is 1. The van der Waals surface area contributed by atoms with Gasteiger partial charge in [0.25, 0.3) is 0 Å². The number of benzene rings is 2. The van der Waals surface area contributed by atoms with E-state index in [1.807, 2.05) is 50.2 Å². The molecule has 2 aromatic carbocycles. The lowest BCUT2D eigenvalue weighted by Gasteiger charge is -2.09. The Morgan fingerprint density at radius 1 is 1.12 bits per heavy atom. The quantitative estimate of drug-likeness (QED) is 0.548. The van der Waals surface area contributed by atoms with E-state index in [0.29, 0.717) is 6.61 Å². The lowest BCUT2D eigenvalue weighted by atomic mass is 10.1. The molecule has 0 bridgehead atoms. The smallest absolute Gasteiger partial charge is 0.128 e. The largest absolute Gasteiger partial charge is 0.493 e. The first-order valence-electron chi connectivity index (χ1n) is 8.06. The molecule has 4 heteroatoms. The highest BCUT2D eigenvalue weighted by Gasteiger charge is 2.04. The molecule has 0 radical (unpaired) electrons. The SMILES string of the molecule is CCOc1ccccc1/C=N/Nc1cc(C)nc2ccc(C)cc12. The van der Waals surface area contributed by atoms with Crippen LogP contribution in [0.15, 0.2) is 53.6 Å². The number of hydrogen-bond acceptors (Lipinski definition) is 4. The molecule has 4 nitrogen and oxygen atoms in total. The minimum atomic E-state index is 0.631. The Labute approximate surface area is 142 Å². The Bertz CT molecular complexity index is 887. The third kappa shape index (κ3) is 3.54. The van der Waals surface area contributed by atoms with Crippen molar-refractivity contribution in [2.75, 3.05) is 12.0 Å². The number of aromatic nitrogens is 1. The topological polar surface area (TPSA) is 46.5 Å². The summed E-state index contributed by atoms with van der Waals surface area (Å²) in [6.45, 7) is 6.66. The fourth-order valence-corrected chi connectivity index (χ4v) is 2.61. The van der Waals surface area contributed by atoms with Crippen molar-refractivity contribution < 1.29 is 4.74 Å². The standard InChI is InChI=1S/C20H21N3O/c1-4-24-20-8-6-5-7-16(20)13-21-23-19-12-15(3)22-18-10-9-14(2)11-17(18)19/h5-13H,4H2,1-3H3,(H,22,23)/b21-13+. The zero-order valence-electron chi connectivity index (χ0n) is 14.2. The summed E-state index contributed by atoms with van der Waals surface area (Å²) in [5.74, 6) is 0.831.